The molecule has 0 saturated heterocycles. The Bertz CT molecular complexity index is 735. The molecular weight excluding hydrogens is 290 g/mol. The van der Waals surface area contributed by atoms with Crippen molar-refractivity contribution in [3.05, 3.63) is 45.6 Å². The van der Waals surface area contributed by atoms with E-state index in [4.69, 9.17) is 18.0 Å². The number of halogens is 1. The third-order valence-electron chi connectivity index (χ3n) is 2.69. The molecule has 0 saturated carbocycles. The van der Waals surface area contributed by atoms with Crippen molar-refractivity contribution in [3.8, 4) is 18.0 Å². The molecule has 21 heavy (non-hydrogen) atoms. The summed E-state index contributed by atoms with van der Waals surface area (Å²) < 4.78 is 1.40. The van der Waals surface area contributed by atoms with Crippen LogP contribution in [-0.4, -0.2) is 21.1 Å². The van der Waals surface area contributed by atoms with Gasteiger partial charge < -0.3 is 0 Å². The second-order valence-electron chi connectivity index (χ2n) is 4.07. The predicted octanol–water partition coefficient (Wildman–Crippen LogP) is 1.39. The molecule has 2 N–H and O–H groups in total. The summed E-state index contributed by atoms with van der Waals surface area (Å²) in [6, 6.07) is 7.05. The summed E-state index contributed by atoms with van der Waals surface area (Å²) in [6.45, 7) is 2.19. The molecule has 7 heteroatoms. The molecule has 1 aromatic carbocycles. The van der Waals surface area contributed by atoms with Crippen LogP contribution in [0.5, 0.6) is 0 Å². The molecule has 6 nitrogen and oxygen atoms in total. The number of aryl methyl sites for hydroxylation is 1. The van der Waals surface area contributed by atoms with E-state index in [1.807, 2.05) is 6.92 Å². The lowest BCUT2D eigenvalue weighted by atomic mass is 10.3. The third-order valence-corrected chi connectivity index (χ3v) is 3.01. The van der Waals surface area contributed by atoms with Gasteiger partial charge in [-0.25, -0.2) is 14.8 Å². The molecule has 1 heterocycles. The minimum Gasteiger partial charge on any atom is -0.289 e. The van der Waals surface area contributed by atoms with Gasteiger partial charge in [-0.2, -0.15) is 9.97 Å². The third kappa shape index (κ3) is 3.40. The molecule has 0 aliphatic carbocycles. The van der Waals surface area contributed by atoms with Gasteiger partial charge in [-0.05, 0) is 12.1 Å². The number of anilines is 1. The van der Waals surface area contributed by atoms with Crippen molar-refractivity contribution in [1.29, 1.82) is 0 Å². The second kappa shape index (κ2) is 6.88. The fourth-order valence-corrected chi connectivity index (χ4v) is 2.01. The fourth-order valence-electron chi connectivity index (χ4n) is 1.79. The average Bonchev–Trinajstić information content (AvgIpc) is 2.48. The normalized spacial score (nSPS) is 10.1. The topological polar surface area (TPSA) is 71.8 Å². The van der Waals surface area contributed by atoms with Crippen molar-refractivity contribution in [2.45, 2.75) is 13.3 Å². The number of hydrogen-bond donors (Lipinski definition) is 2. The first-order chi connectivity index (χ1) is 10.2. The number of para-hydroxylation sites is 1. The van der Waals surface area contributed by atoms with Crippen molar-refractivity contribution in [2.75, 3.05) is 12.0 Å². The van der Waals surface area contributed by atoms with E-state index >= 15 is 0 Å². The van der Waals surface area contributed by atoms with Gasteiger partial charge in [0.2, 0.25) is 5.95 Å². The summed E-state index contributed by atoms with van der Waals surface area (Å²) in [6.07, 6.45) is 5.67. The number of rotatable bonds is 5. The van der Waals surface area contributed by atoms with Gasteiger partial charge in [-0.1, -0.05) is 36.6 Å². The number of benzene rings is 1. The van der Waals surface area contributed by atoms with Gasteiger partial charge in [0.15, 0.2) is 0 Å². The Morgan fingerprint density at radius 3 is 2.81 bits per heavy atom. The minimum atomic E-state index is -0.458. The quantitative estimate of drug-likeness (QED) is 0.496. The van der Waals surface area contributed by atoms with E-state index in [1.165, 1.54) is 4.57 Å². The van der Waals surface area contributed by atoms with Gasteiger partial charge in [-0.3, -0.25) is 5.43 Å². The van der Waals surface area contributed by atoms with Crippen LogP contribution in [0.4, 0.5) is 5.95 Å². The Kier molecular flexibility index (Phi) is 4.93. The molecule has 1 aromatic heterocycles. The van der Waals surface area contributed by atoms with E-state index in [0.29, 0.717) is 29.5 Å². The van der Waals surface area contributed by atoms with Crippen LogP contribution in [0.1, 0.15) is 12.7 Å². The Morgan fingerprint density at radius 2 is 2.14 bits per heavy atom. The summed E-state index contributed by atoms with van der Waals surface area (Å²) in [5, 5.41) is 0.462. The number of hydrazine groups is 1. The van der Waals surface area contributed by atoms with E-state index in [1.54, 1.807) is 24.3 Å². The SMILES string of the molecule is C#CCNNc1nc(CC)n(-c2ccccc2Cl)c(=O)n1. The lowest BCUT2D eigenvalue weighted by Gasteiger charge is -2.13. The van der Waals surface area contributed by atoms with Crippen LogP contribution in [0, 0.1) is 12.3 Å². The van der Waals surface area contributed by atoms with Gasteiger partial charge in [0.1, 0.15) is 5.82 Å². The van der Waals surface area contributed by atoms with Crippen LogP contribution in [-0.2, 0) is 6.42 Å². The maximum absolute atomic E-state index is 12.3. The van der Waals surface area contributed by atoms with E-state index in [2.05, 4.69) is 26.7 Å². The summed E-state index contributed by atoms with van der Waals surface area (Å²) in [4.78, 5) is 20.4. The maximum atomic E-state index is 12.3. The Balaban J connectivity index is 2.46. The van der Waals surface area contributed by atoms with Crippen molar-refractivity contribution in [3.63, 3.8) is 0 Å². The van der Waals surface area contributed by atoms with Crippen LogP contribution in [0.25, 0.3) is 5.69 Å². The maximum Gasteiger partial charge on any atom is 0.356 e. The van der Waals surface area contributed by atoms with E-state index < -0.39 is 5.69 Å². The first kappa shape index (κ1) is 15.0. The zero-order chi connectivity index (χ0) is 15.2. The molecule has 0 atom stereocenters. The molecule has 0 aliphatic heterocycles. The number of hydrogen-bond acceptors (Lipinski definition) is 5. The molecular formula is C14H14ClN5O. The highest BCUT2D eigenvalue weighted by Crippen LogP contribution is 2.19. The highest BCUT2D eigenvalue weighted by molar-refractivity contribution is 6.32. The molecule has 108 valence electrons. The fraction of sp³-hybridized carbons (Fsp3) is 0.214. The number of terminal acetylenes is 1. The van der Waals surface area contributed by atoms with Gasteiger partial charge in [-0.15, -0.1) is 6.42 Å². The van der Waals surface area contributed by atoms with E-state index in [-0.39, 0.29) is 5.95 Å². The Labute approximate surface area is 127 Å². The van der Waals surface area contributed by atoms with Crippen LogP contribution >= 0.6 is 11.6 Å². The molecule has 0 unspecified atom stereocenters. The first-order valence-electron chi connectivity index (χ1n) is 6.34. The van der Waals surface area contributed by atoms with Gasteiger partial charge in [0, 0.05) is 6.42 Å². The standard InChI is InChI=1S/C14H14ClN5O/c1-3-9-16-19-13-17-12(4-2)20(14(21)18-13)11-8-6-5-7-10(11)15/h1,5-8,16H,4,9H2,2H3,(H,18,19,21). The largest absolute Gasteiger partial charge is 0.356 e. The van der Waals surface area contributed by atoms with Crippen molar-refractivity contribution < 1.29 is 0 Å². The molecule has 0 fully saturated rings. The summed E-state index contributed by atoms with van der Waals surface area (Å²) >= 11 is 6.14. The summed E-state index contributed by atoms with van der Waals surface area (Å²) in [5.74, 6) is 3.12. The summed E-state index contributed by atoms with van der Waals surface area (Å²) in [5.41, 5.74) is 5.51. The summed E-state index contributed by atoms with van der Waals surface area (Å²) in [7, 11) is 0. The predicted molar refractivity (Wildman–Crippen MR) is 82.5 cm³/mol. The van der Waals surface area contributed by atoms with Gasteiger partial charge in [0.25, 0.3) is 0 Å². The number of nitrogens with one attached hydrogen (secondary N) is 2. The van der Waals surface area contributed by atoms with Crippen LogP contribution in [0.15, 0.2) is 29.1 Å². The molecule has 0 radical (unpaired) electrons. The van der Waals surface area contributed by atoms with Gasteiger partial charge >= 0.3 is 5.69 Å². The molecule has 0 aliphatic rings. The van der Waals surface area contributed by atoms with Crippen molar-refractivity contribution >= 4 is 17.5 Å². The zero-order valence-corrected chi connectivity index (χ0v) is 12.2. The average molecular weight is 304 g/mol. The molecule has 2 rings (SSSR count). The lowest BCUT2D eigenvalue weighted by Crippen LogP contribution is -2.31. The second-order valence-corrected chi connectivity index (χ2v) is 4.48. The monoisotopic (exact) mass is 303 g/mol. The number of aromatic nitrogens is 3. The minimum absolute atomic E-state index is 0.176. The highest BCUT2D eigenvalue weighted by Gasteiger charge is 2.12. The highest BCUT2D eigenvalue weighted by atomic mass is 35.5. The van der Waals surface area contributed by atoms with E-state index in [9.17, 15) is 4.79 Å². The Hall–Kier alpha value is -2.36. The van der Waals surface area contributed by atoms with Crippen LogP contribution < -0.4 is 16.5 Å². The zero-order valence-electron chi connectivity index (χ0n) is 11.4. The molecule has 0 bridgehead atoms. The van der Waals surface area contributed by atoms with Crippen LogP contribution in [0.3, 0.4) is 0 Å². The molecule has 0 spiro atoms. The van der Waals surface area contributed by atoms with Gasteiger partial charge in [0.05, 0.1) is 17.3 Å². The molecule has 2 aromatic rings. The number of nitrogens with zero attached hydrogens (tertiary/aromatic N) is 3. The molecule has 0 amide bonds. The lowest BCUT2D eigenvalue weighted by molar-refractivity contribution is 0.756. The van der Waals surface area contributed by atoms with Crippen molar-refractivity contribution in [2.24, 2.45) is 0 Å². The van der Waals surface area contributed by atoms with E-state index in [0.717, 1.165) is 0 Å². The smallest absolute Gasteiger partial charge is 0.289 e. The first-order valence-corrected chi connectivity index (χ1v) is 6.72. The van der Waals surface area contributed by atoms with Crippen molar-refractivity contribution in [1.82, 2.24) is 20.0 Å². The Morgan fingerprint density at radius 1 is 1.38 bits per heavy atom. The van der Waals surface area contributed by atoms with Crippen LogP contribution in [0.2, 0.25) is 5.02 Å².